The summed E-state index contributed by atoms with van der Waals surface area (Å²) in [7, 11) is 1.62. The van der Waals surface area contributed by atoms with E-state index in [1.807, 2.05) is 31.2 Å². The fourth-order valence-corrected chi connectivity index (χ4v) is 2.03. The van der Waals surface area contributed by atoms with Gasteiger partial charge >= 0.3 is 0 Å². The van der Waals surface area contributed by atoms with Gasteiger partial charge < -0.3 is 15.4 Å². The molecule has 0 aliphatic rings. The summed E-state index contributed by atoms with van der Waals surface area (Å²) in [5, 5.41) is 5.95. The molecule has 2 N–H and O–H groups in total. The van der Waals surface area contributed by atoms with Crippen LogP contribution < -0.4 is 10.6 Å². The third-order valence-electron chi connectivity index (χ3n) is 2.33. The Kier molecular flexibility index (Phi) is 6.93. The lowest BCUT2D eigenvalue weighted by Gasteiger charge is -2.13. The smallest absolute Gasteiger partial charge is 0.234 e. The Labute approximate surface area is 116 Å². The largest absolute Gasteiger partial charge is 0.383 e. The molecular weight excluding hydrogens is 296 g/mol. The first-order valence-corrected chi connectivity index (χ1v) is 6.64. The maximum atomic E-state index is 11.5. The molecule has 0 aliphatic heterocycles. The van der Waals surface area contributed by atoms with Gasteiger partial charge in [-0.1, -0.05) is 28.1 Å². The molecular formula is C13H19BrN2O2. The lowest BCUT2D eigenvalue weighted by molar-refractivity contribution is -0.121. The molecule has 0 aromatic heterocycles. The van der Waals surface area contributed by atoms with Gasteiger partial charge in [0.1, 0.15) is 0 Å². The molecule has 1 aromatic carbocycles. The maximum Gasteiger partial charge on any atom is 0.234 e. The van der Waals surface area contributed by atoms with E-state index in [4.69, 9.17) is 4.74 Å². The Morgan fingerprint density at radius 1 is 1.50 bits per heavy atom. The van der Waals surface area contributed by atoms with Gasteiger partial charge in [-0.25, -0.2) is 0 Å². The van der Waals surface area contributed by atoms with Crippen LogP contribution in [0.25, 0.3) is 0 Å². The van der Waals surface area contributed by atoms with Crippen LogP contribution in [0.5, 0.6) is 0 Å². The average Bonchev–Trinajstić information content (AvgIpc) is 2.29. The van der Waals surface area contributed by atoms with Crippen molar-refractivity contribution in [3.8, 4) is 0 Å². The molecule has 4 nitrogen and oxygen atoms in total. The van der Waals surface area contributed by atoms with Gasteiger partial charge in [0.25, 0.3) is 0 Å². The molecule has 0 radical (unpaired) electrons. The van der Waals surface area contributed by atoms with Gasteiger partial charge in [-0.05, 0) is 24.6 Å². The summed E-state index contributed by atoms with van der Waals surface area (Å²) < 4.78 is 5.99. The number of halogens is 1. The number of amides is 1. The van der Waals surface area contributed by atoms with Crippen LogP contribution in [0.4, 0.5) is 0 Å². The van der Waals surface area contributed by atoms with Crippen molar-refractivity contribution in [2.45, 2.75) is 19.5 Å². The predicted molar refractivity (Wildman–Crippen MR) is 75.3 cm³/mol. The van der Waals surface area contributed by atoms with Crippen molar-refractivity contribution >= 4 is 21.8 Å². The van der Waals surface area contributed by atoms with Crippen molar-refractivity contribution in [3.63, 3.8) is 0 Å². The summed E-state index contributed by atoms with van der Waals surface area (Å²) >= 11 is 3.41. The first-order valence-electron chi connectivity index (χ1n) is 5.85. The summed E-state index contributed by atoms with van der Waals surface area (Å²) in [6, 6.07) is 8.03. The van der Waals surface area contributed by atoms with Gasteiger partial charge in [0.15, 0.2) is 0 Å². The third-order valence-corrected chi connectivity index (χ3v) is 2.82. The Morgan fingerprint density at radius 2 is 2.28 bits per heavy atom. The summed E-state index contributed by atoms with van der Waals surface area (Å²) in [6.07, 6.45) is 0. The van der Waals surface area contributed by atoms with Crippen molar-refractivity contribution in [2.75, 3.05) is 20.3 Å². The van der Waals surface area contributed by atoms with Gasteiger partial charge in [-0.15, -0.1) is 0 Å². The van der Waals surface area contributed by atoms with Gasteiger partial charge in [-0.3, -0.25) is 4.79 Å². The minimum Gasteiger partial charge on any atom is -0.383 e. The minimum atomic E-state index is -0.0189. The van der Waals surface area contributed by atoms with E-state index in [0.29, 0.717) is 19.7 Å². The highest BCUT2D eigenvalue weighted by Gasteiger charge is 2.06. The summed E-state index contributed by atoms with van der Waals surface area (Å²) in [6.45, 7) is 3.42. The maximum absolute atomic E-state index is 11.5. The number of carbonyl (C=O) groups is 1. The molecule has 0 saturated carbocycles. The van der Waals surface area contributed by atoms with E-state index in [1.165, 1.54) is 0 Å². The Morgan fingerprint density at radius 3 is 2.94 bits per heavy atom. The number of carbonyl (C=O) groups excluding carboxylic acids is 1. The monoisotopic (exact) mass is 314 g/mol. The number of nitrogens with one attached hydrogen (secondary N) is 2. The molecule has 1 amide bonds. The van der Waals surface area contributed by atoms with Crippen LogP contribution in [0.2, 0.25) is 0 Å². The molecule has 5 heteroatoms. The fourth-order valence-electron chi connectivity index (χ4n) is 1.58. The predicted octanol–water partition coefficient (Wildman–Crippen LogP) is 1.69. The lowest BCUT2D eigenvalue weighted by atomic mass is 10.2. The van der Waals surface area contributed by atoms with E-state index in [-0.39, 0.29) is 11.9 Å². The molecule has 1 atom stereocenters. The Hall–Kier alpha value is -0.910. The average molecular weight is 315 g/mol. The van der Waals surface area contributed by atoms with Crippen LogP contribution in [-0.2, 0) is 16.1 Å². The highest BCUT2D eigenvalue weighted by molar-refractivity contribution is 9.10. The van der Waals surface area contributed by atoms with Gasteiger partial charge in [-0.2, -0.15) is 0 Å². The zero-order valence-corrected chi connectivity index (χ0v) is 12.3. The van der Waals surface area contributed by atoms with Crippen LogP contribution in [0, 0.1) is 0 Å². The molecule has 0 fully saturated rings. The van der Waals surface area contributed by atoms with Crippen LogP contribution in [-0.4, -0.2) is 32.2 Å². The third kappa shape index (κ3) is 6.14. The van der Waals surface area contributed by atoms with Crippen molar-refractivity contribution in [1.82, 2.24) is 10.6 Å². The van der Waals surface area contributed by atoms with Gasteiger partial charge in [0.05, 0.1) is 13.2 Å². The topological polar surface area (TPSA) is 50.4 Å². The van der Waals surface area contributed by atoms with E-state index in [0.717, 1.165) is 10.0 Å². The van der Waals surface area contributed by atoms with E-state index < -0.39 is 0 Å². The van der Waals surface area contributed by atoms with Crippen LogP contribution in [0.15, 0.2) is 28.7 Å². The minimum absolute atomic E-state index is 0.0189. The number of hydrogen-bond acceptors (Lipinski definition) is 3. The molecule has 0 saturated heterocycles. The zero-order chi connectivity index (χ0) is 13.4. The van der Waals surface area contributed by atoms with E-state index in [1.54, 1.807) is 7.11 Å². The van der Waals surface area contributed by atoms with E-state index >= 15 is 0 Å². The molecule has 18 heavy (non-hydrogen) atoms. The SMILES string of the molecule is COCC(C)NC(=O)CNCc1cccc(Br)c1. The van der Waals surface area contributed by atoms with Crippen molar-refractivity contribution in [3.05, 3.63) is 34.3 Å². The number of hydrogen-bond donors (Lipinski definition) is 2. The lowest BCUT2D eigenvalue weighted by Crippen LogP contribution is -2.40. The summed E-state index contributed by atoms with van der Waals surface area (Å²) in [5.41, 5.74) is 1.14. The molecule has 100 valence electrons. The van der Waals surface area contributed by atoms with Gasteiger partial charge in [0, 0.05) is 24.2 Å². The molecule has 1 rings (SSSR count). The van der Waals surface area contributed by atoms with Gasteiger partial charge in [0.2, 0.25) is 5.91 Å². The van der Waals surface area contributed by atoms with Crippen LogP contribution in [0.3, 0.4) is 0 Å². The molecule has 0 spiro atoms. The quantitative estimate of drug-likeness (QED) is 0.805. The molecule has 0 bridgehead atoms. The number of rotatable bonds is 7. The molecule has 0 heterocycles. The Bertz CT molecular complexity index is 385. The van der Waals surface area contributed by atoms with Crippen molar-refractivity contribution in [2.24, 2.45) is 0 Å². The number of benzene rings is 1. The van der Waals surface area contributed by atoms with Crippen LogP contribution in [0.1, 0.15) is 12.5 Å². The highest BCUT2D eigenvalue weighted by Crippen LogP contribution is 2.11. The van der Waals surface area contributed by atoms with E-state index in [9.17, 15) is 4.79 Å². The first-order chi connectivity index (χ1) is 8.61. The second kappa shape index (κ2) is 8.24. The second-order valence-electron chi connectivity index (χ2n) is 4.16. The van der Waals surface area contributed by atoms with Crippen molar-refractivity contribution < 1.29 is 9.53 Å². The first kappa shape index (κ1) is 15.1. The van der Waals surface area contributed by atoms with Crippen LogP contribution >= 0.6 is 15.9 Å². The normalized spacial score (nSPS) is 12.2. The number of methoxy groups -OCH3 is 1. The number of ether oxygens (including phenoxy) is 1. The summed E-state index contributed by atoms with van der Waals surface area (Å²) in [4.78, 5) is 11.5. The molecule has 0 aliphatic carbocycles. The molecule has 1 aromatic rings. The van der Waals surface area contributed by atoms with Crippen molar-refractivity contribution in [1.29, 1.82) is 0 Å². The van der Waals surface area contributed by atoms with E-state index in [2.05, 4.69) is 26.6 Å². The summed E-state index contributed by atoms with van der Waals surface area (Å²) in [5.74, 6) is -0.0189. The second-order valence-corrected chi connectivity index (χ2v) is 5.07. The fraction of sp³-hybridized carbons (Fsp3) is 0.462. The molecule has 1 unspecified atom stereocenters. The standard InChI is InChI=1S/C13H19BrN2O2/c1-10(9-18-2)16-13(17)8-15-7-11-4-3-5-12(14)6-11/h3-6,10,15H,7-9H2,1-2H3,(H,16,17). The zero-order valence-electron chi connectivity index (χ0n) is 10.7. The highest BCUT2D eigenvalue weighted by atomic mass is 79.9. The Balaban J connectivity index is 2.23.